The lowest BCUT2D eigenvalue weighted by atomic mass is 10.1. The summed E-state index contributed by atoms with van der Waals surface area (Å²) in [5, 5.41) is 3.01. The number of hydrogen-bond acceptors (Lipinski definition) is 1. The van der Waals surface area contributed by atoms with Gasteiger partial charge < -0.3 is 4.74 Å². The highest BCUT2D eigenvalue weighted by molar-refractivity contribution is 6.89. The maximum absolute atomic E-state index is 6.42. The Labute approximate surface area is 108 Å². The van der Waals surface area contributed by atoms with Crippen molar-refractivity contribution in [2.75, 3.05) is 0 Å². The topological polar surface area (TPSA) is 9.23 Å². The number of rotatable bonds is 2. The van der Waals surface area contributed by atoms with E-state index >= 15 is 0 Å². The van der Waals surface area contributed by atoms with Gasteiger partial charge in [0.2, 0.25) is 0 Å². The van der Waals surface area contributed by atoms with E-state index in [0.29, 0.717) is 6.10 Å². The highest BCUT2D eigenvalue weighted by Gasteiger charge is 2.37. The van der Waals surface area contributed by atoms with Gasteiger partial charge >= 0.3 is 0 Å². The fourth-order valence-corrected chi connectivity index (χ4v) is 7.72. The molecule has 1 aliphatic carbocycles. The monoisotopic (exact) mass is 266 g/mol. The van der Waals surface area contributed by atoms with Crippen LogP contribution in [0.25, 0.3) is 0 Å². The molecular formula is C14H26OSi2. The Morgan fingerprint density at radius 3 is 2.24 bits per heavy atom. The number of hydrogen-bond donors (Lipinski definition) is 0. The smallest absolute Gasteiger partial charge is 0.122 e. The van der Waals surface area contributed by atoms with Gasteiger partial charge in [0.15, 0.2) is 0 Å². The third-order valence-corrected chi connectivity index (χ3v) is 7.66. The van der Waals surface area contributed by atoms with Crippen molar-refractivity contribution >= 4 is 16.1 Å². The summed E-state index contributed by atoms with van der Waals surface area (Å²) in [4.78, 5) is 0. The lowest BCUT2D eigenvalue weighted by Gasteiger charge is -2.36. The summed E-state index contributed by atoms with van der Waals surface area (Å²) in [7, 11) is -2.62. The molecule has 0 amide bonds. The fourth-order valence-electron chi connectivity index (χ4n) is 2.73. The third kappa shape index (κ3) is 2.60. The largest absolute Gasteiger partial charge is 0.496 e. The van der Waals surface area contributed by atoms with Gasteiger partial charge in [-0.15, -0.1) is 0 Å². The fraction of sp³-hybridized carbons (Fsp3) is 0.714. The van der Waals surface area contributed by atoms with Gasteiger partial charge in [-0.1, -0.05) is 45.4 Å². The van der Waals surface area contributed by atoms with Gasteiger partial charge in [-0.25, -0.2) is 0 Å². The van der Waals surface area contributed by atoms with Crippen LogP contribution in [0.4, 0.5) is 0 Å². The van der Waals surface area contributed by atoms with Crippen molar-refractivity contribution in [2.45, 2.75) is 64.6 Å². The number of fused-ring (bicyclic) bond motifs is 1. The summed E-state index contributed by atoms with van der Waals surface area (Å²) in [6, 6.07) is 0. The minimum Gasteiger partial charge on any atom is -0.496 e. The first-order chi connectivity index (χ1) is 7.69. The van der Waals surface area contributed by atoms with E-state index in [4.69, 9.17) is 4.74 Å². The van der Waals surface area contributed by atoms with Crippen LogP contribution in [0.3, 0.4) is 0 Å². The second-order valence-corrected chi connectivity index (χ2v) is 17.5. The molecule has 0 spiro atoms. The average Bonchev–Trinajstić information content (AvgIpc) is 2.59. The molecule has 17 heavy (non-hydrogen) atoms. The first-order valence-corrected chi connectivity index (χ1v) is 13.8. The molecule has 1 fully saturated rings. The molecule has 0 aromatic heterocycles. The highest BCUT2D eigenvalue weighted by atomic mass is 28.3. The summed E-state index contributed by atoms with van der Waals surface area (Å²) < 4.78 is 6.42. The number of allylic oxidation sites excluding steroid dienone is 2. The first kappa shape index (κ1) is 13.2. The van der Waals surface area contributed by atoms with Crippen LogP contribution in [-0.2, 0) is 4.74 Å². The second-order valence-electron chi connectivity index (χ2n) is 7.46. The van der Waals surface area contributed by atoms with E-state index in [1.807, 2.05) is 0 Å². The quantitative estimate of drug-likeness (QED) is 0.669. The molecule has 96 valence electrons. The molecule has 0 aromatic rings. The van der Waals surface area contributed by atoms with Crippen LogP contribution < -0.4 is 0 Å². The highest BCUT2D eigenvalue weighted by Crippen LogP contribution is 2.40. The van der Waals surface area contributed by atoms with Crippen molar-refractivity contribution in [2.24, 2.45) is 0 Å². The third-order valence-electron chi connectivity index (χ3n) is 3.67. The maximum Gasteiger partial charge on any atom is 0.122 e. The van der Waals surface area contributed by atoms with Gasteiger partial charge in [0, 0.05) is 0 Å². The van der Waals surface area contributed by atoms with Crippen LogP contribution in [0.1, 0.15) is 19.3 Å². The summed E-state index contributed by atoms with van der Waals surface area (Å²) in [6.45, 7) is 14.6. The Balaban J connectivity index is 2.48. The molecule has 1 heterocycles. The predicted octanol–water partition coefficient (Wildman–Crippen LogP) is 4.50. The maximum atomic E-state index is 6.42. The van der Waals surface area contributed by atoms with Gasteiger partial charge in [-0.2, -0.15) is 0 Å². The van der Waals surface area contributed by atoms with E-state index in [1.54, 1.807) is 10.8 Å². The van der Waals surface area contributed by atoms with Crippen molar-refractivity contribution in [3.63, 3.8) is 0 Å². The molecule has 0 aromatic carbocycles. The van der Waals surface area contributed by atoms with E-state index in [0.717, 1.165) is 0 Å². The van der Waals surface area contributed by atoms with Gasteiger partial charge in [0.25, 0.3) is 0 Å². The Hall–Kier alpha value is -0.286. The SMILES string of the molecule is C[Si](C)(C)C1=C([Si](C)(C)C)OC2CCCC2=C1. The summed E-state index contributed by atoms with van der Waals surface area (Å²) in [5.74, 6) is 0. The van der Waals surface area contributed by atoms with Crippen molar-refractivity contribution in [1.82, 2.24) is 0 Å². The molecule has 0 saturated heterocycles. The van der Waals surface area contributed by atoms with Crippen LogP contribution in [0.5, 0.6) is 0 Å². The molecule has 1 aliphatic heterocycles. The van der Waals surface area contributed by atoms with Gasteiger partial charge in [0.1, 0.15) is 14.2 Å². The van der Waals surface area contributed by atoms with Crippen LogP contribution in [0.15, 0.2) is 22.2 Å². The molecule has 0 bridgehead atoms. The standard InChI is InChI=1S/C14H26OSi2/c1-16(2,3)13-10-11-8-7-9-12(11)15-14(13)17(4,5)6/h10,12H,7-9H2,1-6H3. The Morgan fingerprint density at radius 2 is 1.71 bits per heavy atom. The first-order valence-electron chi connectivity index (χ1n) is 6.82. The van der Waals surface area contributed by atoms with Crippen LogP contribution in [-0.4, -0.2) is 22.3 Å². The van der Waals surface area contributed by atoms with E-state index in [2.05, 4.69) is 45.4 Å². The molecule has 2 rings (SSSR count). The lowest BCUT2D eigenvalue weighted by molar-refractivity contribution is 0.161. The van der Waals surface area contributed by atoms with Crippen molar-refractivity contribution < 1.29 is 4.74 Å². The molecule has 1 nitrogen and oxygen atoms in total. The number of ether oxygens (including phenoxy) is 1. The lowest BCUT2D eigenvalue weighted by Crippen LogP contribution is -2.38. The van der Waals surface area contributed by atoms with Crippen molar-refractivity contribution in [3.05, 3.63) is 22.2 Å². The summed E-state index contributed by atoms with van der Waals surface area (Å²) in [5.41, 5.74) is 1.57. The Bertz CT molecular complexity index is 380. The molecule has 3 heteroatoms. The Morgan fingerprint density at radius 1 is 1.06 bits per heavy atom. The minimum atomic E-state index is -1.34. The van der Waals surface area contributed by atoms with E-state index in [1.165, 1.54) is 24.6 Å². The molecule has 1 saturated carbocycles. The molecule has 2 aliphatic rings. The Kier molecular flexibility index (Phi) is 3.19. The minimum absolute atomic E-state index is 0.428. The zero-order valence-corrected chi connectivity index (χ0v) is 14.2. The van der Waals surface area contributed by atoms with Crippen LogP contribution >= 0.6 is 0 Å². The van der Waals surface area contributed by atoms with Crippen molar-refractivity contribution in [1.29, 1.82) is 0 Å². The molecule has 0 radical (unpaired) electrons. The molecule has 1 atom stereocenters. The normalized spacial score (nSPS) is 25.5. The van der Waals surface area contributed by atoms with Gasteiger partial charge in [0.05, 0.1) is 13.5 Å². The average molecular weight is 267 g/mol. The van der Waals surface area contributed by atoms with E-state index in [9.17, 15) is 0 Å². The van der Waals surface area contributed by atoms with Crippen LogP contribution in [0.2, 0.25) is 39.3 Å². The van der Waals surface area contributed by atoms with Gasteiger partial charge in [-0.3, -0.25) is 0 Å². The zero-order valence-electron chi connectivity index (χ0n) is 12.2. The van der Waals surface area contributed by atoms with Gasteiger partial charge in [-0.05, 0) is 30.0 Å². The van der Waals surface area contributed by atoms with E-state index in [-0.39, 0.29) is 0 Å². The summed E-state index contributed by atoms with van der Waals surface area (Å²) >= 11 is 0. The summed E-state index contributed by atoms with van der Waals surface area (Å²) in [6.07, 6.45) is 6.77. The van der Waals surface area contributed by atoms with E-state index < -0.39 is 16.1 Å². The second kappa shape index (κ2) is 4.13. The molecular weight excluding hydrogens is 240 g/mol. The molecule has 1 unspecified atom stereocenters. The molecule has 0 N–H and O–H groups in total. The van der Waals surface area contributed by atoms with Crippen LogP contribution in [0, 0.1) is 0 Å². The zero-order chi connectivity index (χ0) is 12.8. The van der Waals surface area contributed by atoms with Crippen molar-refractivity contribution in [3.8, 4) is 0 Å². The predicted molar refractivity (Wildman–Crippen MR) is 80.5 cm³/mol.